The van der Waals surface area contributed by atoms with Crippen molar-refractivity contribution in [2.24, 2.45) is 5.92 Å². The van der Waals surface area contributed by atoms with E-state index in [0.29, 0.717) is 11.5 Å². The second-order valence-corrected chi connectivity index (χ2v) is 5.55. The van der Waals surface area contributed by atoms with Gasteiger partial charge in [0.25, 0.3) is 5.69 Å². The monoisotopic (exact) mass is 303 g/mol. The smallest absolute Gasteiger partial charge is 0.290 e. The molecular formula is C13H17N7O2. The number of rotatable bonds is 4. The maximum atomic E-state index is 10.8. The van der Waals surface area contributed by atoms with Crippen molar-refractivity contribution in [3.8, 4) is 0 Å². The first-order chi connectivity index (χ1) is 10.6. The molecule has 22 heavy (non-hydrogen) atoms. The molecule has 1 aliphatic rings. The van der Waals surface area contributed by atoms with Gasteiger partial charge in [0.1, 0.15) is 12.0 Å². The van der Waals surface area contributed by atoms with E-state index in [9.17, 15) is 10.1 Å². The Bertz CT molecular complexity index is 650. The SMILES string of the molecule is Cc1cc(N2CCC(Cc3nn[nH]n3)CC2)ncc1[N+](=O)[O-]. The van der Waals surface area contributed by atoms with Crippen LogP contribution in [0.15, 0.2) is 12.3 Å². The fourth-order valence-electron chi connectivity index (χ4n) is 2.79. The number of anilines is 1. The van der Waals surface area contributed by atoms with E-state index in [1.54, 1.807) is 13.0 Å². The van der Waals surface area contributed by atoms with Crippen molar-refractivity contribution >= 4 is 11.5 Å². The molecule has 1 saturated heterocycles. The van der Waals surface area contributed by atoms with Crippen molar-refractivity contribution in [1.82, 2.24) is 25.6 Å². The van der Waals surface area contributed by atoms with Gasteiger partial charge in [-0.25, -0.2) is 4.98 Å². The molecule has 9 nitrogen and oxygen atoms in total. The lowest BCUT2D eigenvalue weighted by atomic mass is 9.93. The van der Waals surface area contributed by atoms with Crippen molar-refractivity contribution < 1.29 is 4.92 Å². The molecule has 0 spiro atoms. The summed E-state index contributed by atoms with van der Waals surface area (Å²) in [6.07, 6.45) is 4.21. The Morgan fingerprint density at radius 1 is 1.45 bits per heavy atom. The molecule has 1 fully saturated rings. The third-order valence-corrected chi connectivity index (χ3v) is 4.06. The average molecular weight is 303 g/mol. The van der Waals surface area contributed by atoms with Crippen LogP contribution in [0.25, 0.3) is 0 Å². The standard InChI is InChI=1S/C13H17N7O2/c1-9-6-13(14-8-11(9)20(21)22)19-4-2-10(3-5-19)7-12-15-17-18-16-12/h6,8,10H,2-5,7H2,1H3,(H,15,16,17,18). The van der Waals surface area contributed by atoms with Gasteiger partial charge in [-0.15, -0.1) is 10.2 Å². The summed E-state index contributed by atoms with van der Waals surface area (Å²) in [4.78, 5) is 16.8. The predicted octanol–water partition coefficient (Wildman–Crippen LogP) is 1.27. The van der Waals surface area contributed by atoms with Crippen molar-refractivity contribution in [3.63, 3.8) is 0 Å². The fraction of sp³-hybridized carbons (Fsp3) is 0.538. The minimum atomic E-state index is -0.400. The second-order valence-electron chi connectivity index (χ2n) is 5.55. The molecule has 0 amide bonds. The third-order valence-electron chi connectivity index (χ3n) is 4.06. The number of aromatic amines is 1. The minimum Gasteiger partial charge on any atom is -0.357 e. The van der Waals surface area contributed by atoms with E-state index in [1.165, 1.54) is 6.20 Å². The third kappa shape index (κ3) is 3.02. The predicted molar refractivity (Wildman–Crippen MR) is 78.4 cm³/mol. The average Bonchev–Trinajstić information content (AvgIpc) is 3.00. The number of H-pyrrole nitrogens is 1. The van der Waals surface area contributed by atoms with E-state index >= 15 is 0 Å². The lowest BCUT2D eigenvalue weighted by molar-refractivity contribution is -0.385. The summed E-state index contributed by atoms with van der Waals surface area (Å²) in [5.74, 6) is 2.09. The maximum absolute atomic E-state index is 10.8. The molecule has 0 radical (unpaired) electrons. The number of nitro groups is 1. The van der Waals surface area contributed by atoms with E-state index in [4.69, 9.17) is 0 Å². The van der Waals surface area contributed by atoms with E-state index in [1.807, 2.05) is 0 Å². The van der Waals surface area contributed by atoms with Crippen LogP contribution in [-0.4, -0.2) is 43.6 Å². The Hall–Kier alpha value is -2.58. The molecule has 3 rings (SSSR count). The first-order valence-corrected chi connectivity index (χ1v) is 7.22. The topological polar surface area (TPSA) is 114 Å². The number of hydrogen-bond donors (Lipinski definition) is 1. The van der Waals surface area contributed by atoms with Gasteiger partial charge in [-0.2, -0.15) is 5.21 Å². The highest BCUT2D eigenvalue weighted by molar-refractivity contribution is 5.48. The molecule has 0 bridgehead atoms. The van der Waals surface area contributed by atoms with Crippen molar-refractivity contribution in [2.45, 2.75) is 26.2 Å². The van der Waals surface area contributed by atoms with Gasteiger partial charge in [0, 0.05) is 25.1 Å². The van der Waals surface area contributed by atoms with Crippen molar-refractivity contribution in [1.29, 1.82) is 0 Å². The number of nitrogens with zero attached hydrogens (tertiary/aromatic N) is 6. The van der Waals surface area contributed by atoms with Crippen LogP contribution in [0, 0.1) is 23.0 Å². The molecule has 0 atom stereocenters. The van der Waals surface area contributed by atoms with Crippen LogP contribution in [0.4, 0.5) is 11.5 Å². The number of hydrogen-bond acceptors (Lipinski definition) is 7. The summed E-state index contributed by atoms with van der Waals surface area (Å²) in [5.41, 5.74) is 0.708. The Kier molecular flexibility index (Phi) is 3.94. The maximum Gasteiger partial charge on any atom is 0.290 e. The van der Waals surface area contributed by atoms with Gasteiger partial charge in [0.2, 0.25) is 0 Å². The highest BCUT2D eigenvalue weighted by Crippen LogP contribution is 2.26. The largest absolute Gasteiger partial charge is 0.357 e. The van der Waals surface area contributed by atoms with Gasteiger partial charge in [0.05, 0.1) is 4.92 Å². The van der Waals surface area contributed by atoms with E-state index in [2.05, 4.69) is 30.5 Å². The minimum absolute atomic E-state index is 0.0655. The van der Waals surface area contributed by atoms with Crippen LogP contribution in [0.5, 0.6) is 0 Å². The molecular weight excluding hydrogens is 286 g/mol. The Morgan fingerprint density at radius 2 is 2.23 bits per heavy atom. The molecule has 0 aliphatic carbocycles. The highest BCUT2D eigenvalue weighted by atomic mass is 16.6. The molecule has 0 saturated carbocycles. The van der Waals surface area contributed by atoms with E-state index < -0.39 is 4.92 Å². The van der Waals surface area contributed by atoms with Crippen LogP contribution in [-0.2, 0) is 6.42 Å². The molecule has 1 N–H and O–H groups in total. The molecule has 0 unspecified atom stereocenters. The zero-order chi connectivity index (χ0) is 15.5. The second kappa shape index (κ2) is 6.04. The molecule has 9 heteroatoms. The normalized spacial score (nSPS) is 16.0. The van der Waals surface area contributed by atoms with Gasteiger partial charge in [-0.05, 0) is 31.7 Å². The number of aromatic nitrogens is 5. The molecule has 3 heterocycles. The zero-order valence-electron chi connectivity index (χ0n) is 12.3. The van der Waals surface area contributed by atoms with Crippen molar-refractivity contribution in [2.75, 3.05) is 18.0 Å². The number of pyridine rings is 1. The molecule has 2 aromatic rings. The van der Waals surface area contributed by atoms with Crippen LogP contribution in [0.3, 0.4) is 0 Å². The van der Waals surface area contributed by atoms with Gasteiger partial charge in [-0.1, -0.05) is 5.21 Å². The number of nitrogens with one attached hydrogen (secondary N) is 1. The first-order valence-electron chi connectivity index (χ1n) is 7.22. The number of piperidine rings is 1. The Balaban J connectivity index is 1.61. The summed E-state index contributed by atoms with van der Waals surface area (Å²) in [6, 6.07) is 1.79. The van der Waals surface area contributed by atoms with E-state index in [0.717, 1.165) is 44.0 Å². The van der Waals surface area contributed by atoms with Gasteiger partial charge in [-0.3, -0.25) is 10.1 Å². The highest BCUT2D eigenvalue weighted by Gasteiger charge is 2.23. The van der Waals surface area contributed by atoms with Crippen LogP contribution < -0.4 is 4.90 Å². The summed E-state index contributed by atoms with van der Waals surface area (Å²) in [7, 11) is 0. The lowest BCUT2D eigenvalue weighted by Gasteiger charge is -2.32. The fourth-order valence-corrected chi connectivity index (χ4v) is 2.79. The van der Waals surface area contributed by atoms with Crippen LogP contribution in [0.1, 0.15) is 24.2 Å². The van der Waals surface area contributed by atoms with Crippen LogP contribution >= 0.6 is 0 Å². The Labute approximate surface area is 126 Å². The molecule has 0 aromatic carbocycles. The zero-order valence-corrected chi connectivity index (χ0v) is 12.3. The summed E-state index contributed by atoms with van der Waals surface area (Å²) in [5, 5.41) is 24.9. The first kappa shape index (κ1) is 14.4. The van der Waals surface area contributed by atoms with E-state index in [-0.39, 0.29) is 5.69 Å². The number of aryl methyl sites for hydroxylation is 1. The molecule has 2 aromatic heterocycles. The van der Waals surface area contributed by atoms with Gasteiger partial charge in [0.15, 0.2) is 5.82 Å². The van der Waals surface area contributed by atoms with Crippen molar-refractivity contribution in [3.05, 3.63) is 33.8 Å². The van der Waals surface area contributed by atoms with Gasteiger partial charge < -0.3 is 4.90 Å². The van der Waals surface area contributed by atoms with Crippen LogP contribution in [0.2, 0.25) is 0 Å². The Morgan fingerprint density at radius 3 is 2.82 bits per heavy atom. The number of tetrazole rings is 1. The van der Waals surface area contributed by atoms with Gasteiger partial charge >= 0.3 is 0 Å². The molecule has 116 valence electrons. The lowest BCUT2D eigenvalue weighted by Crippen LogP contribution is -2.35. The summed E-state index contributed by atoms with van der Waals surface area (Å²) in [6.45, 7) is 3.51. The quantitative estimate of drug-likeness (QED) is 0.668. The summed E-state index contributed by atoms with van der Waals surface area (Å²) >= 11 is 0. The molecule has 1 aliphatic heterocycles. The summed E-state index contributed by atoms with van der Waals surface area (Å²) < 4.78 is 0.